The molecule has 2 rings (SSSR count). The largest absolute Gasteiger partial charge is 0.299 e. The van der Waals surface area contributed by atoms with Crippen LogP contribution < -0.4 is 0 Å². The topological polar surface area (TPSA) is 17.1 Å². The van der Waals surface area contributed by atoms with Crippen LogP contribution in [0.15, 0.2) is 0 Å². The lowest BCUT2D eigenvalue weighted by Crippen LogP contribution is -2.23. The zero-order chi connectivity index (χ0) is 8.39. The van der Waals surface area contributed by atoms with Gasteiger partial charge in [-0.2, -0.15) is 0 Å². The van der Waals surface area contributed by atoms with Crippen LogP contribution in [0.25, 0.3) is 0 Å². The van der Waals surface area contributed by atoms with Crippen LogP contribution in [-0.4, -0.2) is 5.78 Å². The summed E-state index contributed by atoms with van der Waals surface area (Å²) in [6.07, 6.45) is 9.94. The van der Waals surface area contributed by atoms with Crippen LogP contribution in [-0.2, 0) is 4.79 Å². The average molecular weight is 166 g/mol. The number of ketones is 1. The Morgan fingerprint density at radius 2 is 1.67 bits per heavy atom. The minimum atomic E-state index is 0.477. The van der Waals surface area contributed by atoms with Crippen molar-refractivity contribution in [1.82, 2.24) is 0 Å². The van der Waals surface area contributed by atoms with Crippen LogP contribution in [0.2, 0.25) is 0 Å². The third-order valence-electron chi connectivity index (χ3n) is 3.53. The number of rotatable bonds is 3. The summed E-state index contributed by atoms with van der Waals surface area (Å²) in [6.45, 7) is 0. The van der Waals surface area contributed by atoms with Gasteiger partial charge in [0.25, 0.3) is 0 Å². The molecule has 0 aliphatic heterocycles. The third kappa shape index (κ3) is 1.70. The standard InChI is InChI=1S/C11H18O/c12-11(10-6-3-7-10)8-9-4-1-2-5-9/h9-10H,1-8H2. The van der Waals surface area contributed by atoms with Crippen molar-refractivity contribution in [3.05, 3.63) is 0 Å². The Kier molecular flexibility index (Phi) is 2.48. The van der Waals surface area contributed by atoms with Gasteiger partial charge in [0.1, 0.15) is 5.78 Å². The number of carbonyl (C=O) groups is 1. The molecule has 0 aromatic carbocycles. The Morgan fingerprint density at radius 3 is 2.17 bits per heavy atom. The first-order valence-corrected chi connectivity index (χ1v) is 5.39. The predicted molar refractivity (Wildman–Crippen MR) is 48.9 cm³/mol. The highest BCUT2D eigenvalue weighted by atomic mass is 16.1. The Balaban J connectivity index is 1.73. The molecule has 2 aliphatic rings. The summed E-state index contributed by atoms with van der Waals surface area (Å²) in [4.78, 5) is 11.6. The van der Waals surface area contributed by atoms with E-state index in [4.69, 9.17) is 0 Å². The van der Waals surface area contributed by atoms with Crippen molar-refractivity contribution in [1.29, 1.82) is 0 Å². The van der Waals surface area contributed by atoms with E-state index in [2.05, 4.69) is 0 Å². The molecule has 1 nitrogen and oxygen atoms in total. The molecule has 1 heteroatoms. The lowest BCUT2D eigenvalue weighted by Gasteiger charge is -2.24. The molecule has 0 amide bonds. The van der Waals surface area contributed by atoms with Crippen LogP contribution in [0.4, 0.5) is 0 Å². The average Bonchev–Trinajstić information content (AvgIpc) is 2.34. The van der Waals surface area contributed by atoms with Crippen molar-refractivity contribution >= 4 is 5.78 Å². The van der Waals surface area contributed by atoms with Crippen molar-refractivity contribution in [3.8, 4) is 0 Å². The summed E-state index contributed by atoms with van der Waals surface area (Å²) >= 11 is 0. The molecule has 0 aromatic rings. The smallest absolute Gasteiger partial charge is 0.136 e. The quantitative estimate of drug-likeness (QED) is 0.630. The maximum atomic E-state index is 11.6. The predicted octanol–water partition coefficient (Wildman–Crippen LogP) is 2.94. The van der Waals surface area contributed by atoms with Crippen LogP contribution in [0.5, 0.6) is 0 Å². The van der Waals surface area contributed by atoms with Gasteiger partial charge in [0, 0.05) is 12.3 Å². The highest BCUT2D eigenvalue weighted by molar-refractivity contribution is 5.81. The zero-order valence-corrected chi connectivity index (χ0v) is 7.72. The minimum Gasteiger partial charge on any atom is -0.299 e. The molecular weight excluding hydrogens is 148 g/mol. The van der Waals surface area contributed by atoms with E-state index in [0.717, 1.165) is 12.3 Å². The molecule has 0 heterocycles. The molecule has 0 aromatic heterocycles. The van der Waals surface area contributed by atoms with Crippen molar-refractivity contribution in [2.75, 3.05) is 0 Å². The molecule has 2 saturated carbocycles. The summed E-state index contributed by atoms with van der Waals surface area (Å²) < 4.78 is 0. The van der Waals surface area contributed by atoms with Crippen LogP contribution in [0, 0.1) is 11.8 Å². The fraction of sp³-hybridized carbons (Fsp3) is 0.909. The van der Waals surface area contributed by atoms with Gasteiger partial charge < -0.3 is 0 Å². The van der Waals surface area contributed by atoms with Gasteiger partial charge >= 0.3 is 0 Å². The third-order valence-corrected chi connectivity index (χ3v) is 3.53. The number of hydrogen-bond acceptors (Lipinski definition) is 1. The van der Waals surface area contributed by atoms with E-state index in [1.807, 2.05) is 0 Å². The molecular formula is C11H18O. The monoisotopic (exact) mass is 166 g/mol. The molecule has 0 unspecified atom stereocenters. The molecule has 0 radical (unpaired) electrons. The van der Waals surface area contributed by atoms with Crippen molar-refractivity contribution in [2.45, 2.75) is 51.4 Å². The molecule has 12 heavy (non-hydrogen) atoms. The molecule has 68 valence electrons. The Hall–Kier alpha value is -0.330. The van der Waals surface area contributed by atoms with E-state index >= 15 is 0 Å². The summed E-state index contributed by atoms with van der Waals surface area (Å²) in [5.41, 5.74) is 0. The molecule has 0 atom stereocenters. The lowest BCUT2D eigenvalue weighted by atomic mass is 9.79. The van der Waals surface area contributed by atoms with Gasteiger partial charge in [0.05, 0.1) is 0 Å². The Bertz CT molecular complexity index is 164. The van der Waals surface area contributed by atoms with Gasteiger partial charge in [0.15, 0.2) is 0 Å². The van der Waals surface area contributed by atoms with E-state index in [9.17, 15) is 4.79 Å². The maximum Gasteiger partial charge on any atom is 0.136 e. The Morgan fingerprint density at radius 1 is 1.00 bits per heavy atom. The zero-order valence-electron chi connectivity index (χ0n) is 7.72. The van der Waals surface area contributed by atoms with Gasteiger partial charge in [-0.1, -0.05) is 32.1 Å². The number of hydrogen-bond donors (Lipinski definition) is 0. The summed E-state index contributed by atoms with van der Waals surface area (Å²) in [5, 5.41) is 0. The fourth-order valence-electron chi connectivity index (χ4n) is 2.40. The minimum absolute atomic E-state index is 0.477. The molecule has 0 bridgehead atoms. The van der Waals surface area contributed by atoms with E-state index in [1.54, 1.807) is 0 Å². The van der Waals surface area contributed by atoms with Gasteiger partial charge in [-0.05, 0) is 18.8 Å². The lowest BCUT2D eigenvalue weighted by molar-refractivity contribution is -0.126. The van der Waals surface area contributed by atoms with E-state index in [1.165, 1.54) is 44.9 Å². The van der Waals surface area contributed by atoms with Gasteiger partial charge in [-0.25, -0.2) is 0 Å². The molecule has 0 spiro atoms. The summed E-state index contributed by atoms with van der Waals surface area (Å²) in [6, 6.07) is 0. The summed E-state index contributed by atoms with van der Waals surface area (Å²) in [5.74, 6) is 1.82. The van der Waals surface area contributed by atoms with E-state index in [0.29, 0.717) is 11.7 Å². The molecule has 0 N–H and O–H groups in total. The fourth-order valence-corrected chi connectivity index (χ4v) is 2.40. The van der Waals surface area contributed by atoms with Crippen molar-refractivity contribution in [2.24, 2.45) is 11.8 Å². The van der Waals surface area contributed by atoms with Crippen LogP contribution in [0.3, 0.4) is 0 Å². The number of Topliss-reactive ketones (excluding diaryl/α,β-unsaturated/α-hetero) is 1. The number of carbonyl (C=O) groups excluding carboxylic acids is 1. The summed E-state index contributed by atoms with van der Waals surface area (Å²) in [7, 11) is 0. The second-order valence-electron chi connectivity index (χ2n) is 4.45. The Labute approximate surface area is 74.5 Å². The van der Waals surface area contributed by atoms with Gasteiger partial charge in [-0.15, -0.1) is 0 Å². The highest BCUT2D eigenvalue weighted by Gasteiger charge is 2.27. The first-order valence-electron chi connectivity index (χ1n) is 5.39. The molecule has 2 fully saturated rings. The van der Waals surface area contributed by atoms with Crippen molar-refractivity contribution in [3.63, 3.8) is 0 Å². The van der Waals surface area contributed by atoms with Gasteiger partial charge in [-0.3, -0.25) is 4.79 Å². The first-order chi connectivity index (χ1) is 5.86. The first kappa shape index (κ1) is 8.28. The van der Waals surface area contributed by atoms with Crippen LogP contribution in [0.1, 0.15) is 51.4 Å². The van der Waals surface area contributed by atoms with Crippen LogP contribution >= 0.6 is 0 Å². The van der Waals surface area contributed by atoms with E-state index < -0.39 is 0 Å². The highest BCUT2D eigenvalue weighted by Crippen LogP contribution is 2.33. The van der Waals surface area contributed by atoms with Crippen molar-refractivity contribution < 1.29 is 4.79 Å². The van der Waals surface area contributed by atoms with E-state index in [-0.39, 0.29) is 0 Å². The second kappa shape index (κ2) is 3.59. The van der Waals surface area contributed by atoms with Gasteiger partial charge in [0.2, 0.25) is 0 Å². The molecule has 2 aliphatic carbocycles. The maximum absolute atomic E-state index is 11.6. The second-order valence-corrected chi connectivity index (χ2v) is 4.45. The SMILES string of the molecule is O=C(CC1CCCC1)C1CCC1. The molecule has 0 saturated heterocycles. The normalized spacial score (nSPS) is 25.7.